The number of benzene rings is 1. The summed E-state index contributed by atoms with van der Waals surface area (Å²) in [5, 5.41) is 10.7. The molecule has 1 aliphatic heterocycles. The first-order valence-corrected chi connectivity index (χ1v) is 7.11. The lowest BCUT2D eigenvalue weighted by Crippen LogP contribution is -2.47. The zero-order chi connectivity index (χ0) is 14.0. The van der Waals surface area contributed by atoms with Gasteiger partial charge in [0, 0.05) is 25.6 Å². The van der Waals surface area contributed by atoms with Crippen LogP contribution in [0, 0.1) is 12.7 Å². The van der Waals surface area contributed by atoms with Crippen molar-refractivity contribution >= 4 is 0 Å². The van der Waals surface area contributed by atoms with Gasteiger partial charge in [0.15, 0.2) is 0 Å². The average molecular weight is 265 g/mol. The van der Waals surface area contributed by atoms with Gasteiger partial charge in [-0.1, -0.05) is 6.07 Å². The Kier molecular flexibility index (Phi) is 4.26. The monoisotopic (exact) mass is 265 g/mol. The molecule has 0 amide bonds. The summed E-state index contributed by atoms with van der Waals surface area (Å²) in [5.41, 5.74) is 1.31. The van der Waals surface area contributed by atoms with Gasteiger partial charge in [0.05, 0.1) is 5.60 Å². The van der Waals surface area contributed by atoms with Crippen LogP contribution in [0.4, 0.5) is 4.39 Å². The van der Waals surface area contributed by atoms with Crippen molar-refractivity contribution in [3.8, 4) is 0 Å². The Balaban J connectivity index is 2.05. The van der Waals surface area contributed by atoms with E-state index in [0.717, 1.165) is 37.1 Å². The van der Waals surface area contributed by atoms with E-state index in [4.69, 9.17) is 0 Å². The third-order valence-electron chi connectivity index (χ3n) is 4.29. The molecule has 0 radical (unpaired) electrons. The minimum atomic E-state index is -0.677. The SMILES string of the molecule is Cc1ccc(F)cc1CC1(O)CCN(C(C)C)CC1. The van der Waals surface area contributed by atoms with E-state index < -0.39 is 5.60 Å². The molecule has 1 aliphatic rings. The average Bonchev–Trinajstić information content (AvgIpc) is 2.34. The van der Waals surface area contributed by atoms with E-state index >= 15 is 0 Å². The van der Waals surface area contributed by atoms with Crippen LogP contribution in [-0.4, -0.2) is 34.7 Å². The molecule has 106 valence electrons. The van der Waals surface area contributed by atoms with Crippen molar-refractivity contribution in [2.24, 2.45) is 0 Å². The molecule has 0 atom stereocenters. The number of aliphatic hydroxyl groups is 1. The predicted octanol–water partition coefficient (Wildman–Crippen LogP) is 2.91. The summed E-state index contributed by atoms with van der Waals surface area (Å²) in [5.74, 6) is -0.219. The number of rotatable bonds is 3. The lowest BCUT2D eigenvalue weighted by atomic mass is 9.84. The summed E-state index contributed by atoms with van der Waals surface area (Å²) in [6.45, 7) is 8.18. The molecule has 1 N–H and O–H groups in total. The summed E-state index contributed by atoms with van der Waals surface area (Å²) < 4.78 is 13.3. The highest BCUT2D eigenvalue weighted by Crippen LogP contribution is 2.28. The van der Waals surface area contributed by atoms with Crippen LogP contribution < -0.4 is 0 Å². The Morgan fingerprint density at radius 3 is 2.53 bits per heavy atom. The second-order valence-corrected chi connectivity index (χ2v) is 6.10. The van der Waals surface area contributed by atoms with E-state index in [1.165, 1.54) is 6.07 Å². The Morgan fingerprint density at radius 2 is 1.95 bits per heavy atom. The zero-order valence-corrected chi connectivity index (χ0v) is 12.1. The van der Waals surface area contributed by atoms with E-state index in [2.05, 4.69) is 18.7 Å². The molecule has 1 fully saturated rings. The largest absolute Gasteiger partial charge is 0.389 e. The van der Waals surface area contributed by atoms with Gasteiger partial charge in [-0.2, -0.15) is 0 Å². The number of aryl methyl sites for hydroxylation is 1. The second-order valence-electron chi connectivity index (χ2n) is 6.10. The molecule has 0 aromatic heterocycles. The van der Waals surface area contributed by atoms with Gasteiger partial charge in [-0.25, -0.2) is 4.39 Å². The summed E-state index contributed by atoms with van der Waals surface area (Å²) in [4.78, 5) is 2.38. The number of nitrogens with zero attached hydrogens (tertiary/aromatic N) is 1. The molecule has 0 bridgehead atoms. The van der Waals surface area contributed by atoms with Crippen LogP contribution in [0.15, 0.2) is 18.2 Å². The Labute approximate surface area is 115 Å². The minimum absolute atomic E-state index is 0.219. The second kappa shape index (κ2) is 5.59. The maximum Gasteiger partial charge on any atom is 0.123 e. The van der Waals surface area contributed by atoms with Crippen LogP contribution >= 0.6 is 0 Å². The summed E-state index contributed by atoms with van der Waals surface area (Å²) in [6, 6.07) is 5.35. The third-order valence-corrected chi connectivity index (χ3v) is 4.29. The quantitative estimate of drug-likeness (QED) is 0.908. The van der Waals surface area contributed by atoms with Crippen LogP contribution in [0.3, 0.4) is 0 Å². The van der Waals surface area contributed by atoms with E-state index in [-0.39, 0.29) is 5.82 Å². The fourth-order valence-electron chi connectivity index (χ4n) is 2.82. The molecule has 0 unspecified atom stereocenters. The zero-order valence-electron chi connectivity index (χ0n) is 12.1. The molecule has 0 saturated carbocycles. The van der Waals surface area contributed by atoms with Crippen molar-refractivity contribution in [3.05, 3.63) is 35.1 Å². The summed E-state index contributed by atoms with van der Waals surface area (Å²) in [6.07, 6.45) is 2.09. The lowest BCUT2D eigenvalue weighted by Gasteiger charge is -2.40. The number of halogens is 1. The van der Waals surface area contributed by atoms with Gasteiger partial charge in [-0.15, -0.1) is 0 Å². The predicted molar refractivity (Wildman–Crippen MR) is 75.7 cm³/mol. The molecule has 0 aliphatic carbocycles. The van der Waals surface area contributed by atoms with Crippen molar-refractivity contribution in [2.45, 2.75) is 51.7 Å². The number of hydrogen-bond acceptors (Lipinski definition) is 2. The Bertz CT molecular complexity index is 436. The number of hydrogen-bond donors (Lipinski definition) is 1. The van der Waals surface area contributed by atoms with Gasteiger partial charge in [0.2, 0.25) is 0 Å². The Hall–Kier alpha value is -0.930. The van der Waals surface area contributed by atoms with Gasteiger partial charge in [0.1, 0.15) is 5.82 Å². The van der Waals surface area contributed by atoms with Crippen molar-refractivity contribution in [3.63, 3.8) is 0 Å². The van der Waals surface area contributed by atoms with Gasteiger partial charge in [0.25, 0.3) is 0 Å². The molecule has 1 saturated heterocycles. The molecule has 1 aromatic rings. The first-order valence-electron chi connectivity index (χ1n) is 7.11. The van der Waals surface area contributed by atoms with E-state index in [0.29, 0.717) is 12.5 Å². The third kappa shape index (κ3) is 3.54. The van der Waals surface area contributed by atoms with E-state index in [1.54, 1.807) is 12.1 Å². The highest BCUT2D eigenvalue weighted by atomic mass is 19.1. The highest BCUT2D eigenvalue weighted by molar-refractivity contribution is 5.28. The number of piperidine rings is 1. The molecule has 2 rings (SSSR count). The topological polar surface area (TPSA) is 23.5 Å². The molecule has 3 heteroatoms. The Morgan fingerprint density at radius 1 is 1.32 bits per heavy atom. The summed E-state index contributed by atoms with van der Waals surface area (Å²) in [7, 11) is 0. The van der Waals surface area contributed by atoms with Crippen molar-refractivity contribution in [1.29, 1.82) is 0 Å². The maximum atomic E-state index is 13.3. The molecule has 1 aromatic carbocycles. The van der Waals surface area contributed by atoms with Crippen LogP contribution in [0.25, 0.3) is 0 Å². The van der Waals surface area contributed by atoms with Crippen LogP contribution in [0.5, 0.6) is 0 Å². The molecule has 0 spiro atoms. The standard InChI is InChI=1S/C16H24FNO/c1-12(2)18-8-6-16(19,7-9-18)11-14-10-15(17)5-4-13(14)3/h4-5,10,12,19H,6-9,11H2,1-3H3. The molecule has 19 heavy (non-hydrogen) atoms. The van der Waals surface area contributed by atoms with Crippen molar-refractivity contribution in [2.75, 3.05) is 13.1 Å². The number of likely N-dealkylation sites (tertiary alicyclic amines) is 1. The molecule has 1 heterocycles. The highest BCUT2D eigenvalue weighted by Gasteiger charge is 2.33. The van der Waals surface area contributed by atoms with Crippen LogP contribution in [0.2, 0.25) is 0 Å². The van der Waals surface area contributed by atoms with Gasteiger partial charge in [-0.3, -0.25) is 0 Å². The minimum Gasteiger partial charge on any atom is -0.389 e. The molecular weight excluding hydrogens is 241 g/mol. The van der Waals surface area contributed by atoms with Crippen molar-refractivity contribution in [1.82, 2.24) is 4.90 Å². The fraction of sp³-hybridized carbons (Fsp3) is 0.625. The van der Waals surface area contributed by atoms with Gasteiger partial charge in [-0.05, 0) is 56.9 Å². The smallest absolute Gasteiger partial charge is 0.123 e. The van der Waals surface area contributed by atoms with Crippen molar-refractivity contribution < 1.29 is 9.50 Å². The first-order chi connectivity index (χ1) is 8.89. The molecular formula is C16H24FNO. The normalized spacial score (nSPS) is 19.9. The lowest BCUT2D eigenvalue weighted by molar-refractivity contribution is -0.0272. The summed E-state index contributed by atoms with van der Waals surface area (Å²) >= 11 is 0. The van der Waals surface area contributed by atoms with E-state index in [9.17, 15) is 9.50 Å². The molecule has 2 nitrogen and oxygen atoms in total. The van der Waals surface area contributed by atoms with Crippen LogP contribution in [-0.2, 0) is 6.42 Å². The van der Waals surface area contributed by atoms with E-state index in [1.807, 2.05) is 6.92 Å². The first kappa shape index (κ1) is 14.5. The van der Waals surface area contributed by atoms with Crippen LogP contribution in [0.1, 0.15) is 37.8 Å². The van der Waals surface area contributed by atoms with Gasteiger partial charge >= 0.3 is 0 Å². The maximum absolute atomic E-state index is 13.3. The van der Waals surface area contributed by atoms with Gasteiger partial charge < -0.3 is 10.0 Å². The fourth-order valence-corrected chi connectivity index (χ4v) is 2.82.